The smallest absolute Gasteiger partial charge is 0.248 e. The lowest BCUT2D eigenvalue weighted by molar-refractivity contribution is -0.111. The van der Waals surface area contributed by atoms with Crippen molar-refractivity contribution >= 4 is 29.3 Å². The van der Waals surface area contributed by atoms with E-state index in [2.05, 4.69) is 22.4 Å². The predicted octanol–water partition coefficient (Wildman–Crippen LogP) is 5.10. The van der Waals surface area contributed by atoms with Crippen LogP contribution < -0.4 is 5.32 Å². The van der Waals surface area contributed by atoms with Crippen LogP contribution in [0.5, 0.6) is 0 Å². The molecule has 0 aliphatic heterocycles. The third-order valence-corrected chi connectivity index (χ3v) is 5.17. The standard InChI is InChI=1S/C22H26ClN5O/c1-5-6-14-27-22(23)19(15(2)25-27)12-13-20(29)24-21-16(3)26-28(17(21)4)18-10-8-7-9-11-18/h7-13H,5-6,14H2,1-4H3,(H,24,29)/b13-12+. The number of nitrogens with one attached hydrogen (secondary N) is 1. The molecule has 3 aromatic rings. The Morgan fingerprint density at radius 1 is 1.14 bits per heavy atom. The molecule has 0 unspecified atom stereocenters. The second-order valence-corrected chi connectivity index (χ2v) is 7.34. The average molecular weight is 412 g/mol. The van der Waals surface area contributed by atoms with Gasteiger partial charge in [-0.15, -0.1) is 0 Å². The molecule has 0 radical (unpaired) electrons. The van der Waals surface area contributed by atoms with Crippen molar-refractivity contribution in [1.82, 2.24) is 19.6 Å². The number of aryl methyl sites for hydroxylation is 3. The molecule has 0 aliphatic rings. The van der Waals surface area contributed by atoms with Crippen molar-refractivity contribution in [3.8, 4) is 5.69 Å². The van der Waals surface area contributed by atoms with Gasteiger partial charge >= 0.3 is 0 Å². The number of carbonyl (C=O) groups is 1. The van der Waals surface area contributed by atoms with Crippen LogP contribution in [0.15, 0.2) is 36.4 Å². The molecule has 1 N–H and O–H groups in total. The fourth-order valence-electron chi connectivity index (χ4n) is 3.18. The minimum atomic E-state index is -0.236. The largest absolute Gasteiger partial charge is 0.319 e. The minimum absolute atomic E-state index is 0.236. The molecule has 0 saturated heterocycles. The van der Waals surface area contributed by atoms with E-state index in [4.69, 9.17) is 11.6 Å². The van der Waals surface area contributed by atoms with E-state index in [0.717, 1.165) is 47.7 Å². The molecule has 2 aromatic heterocycles. The fraction of sp³-hybridized carbons (Fsp3) is 0.318. The molecule has 0 atom stereocenters. The number of nitrogens with zero attached hydrogens (tertiary/aromatic N) is 4. The molecule has 29 heavy (non-hydrogen) atoms. The number of anilines is 1. The summed E-state index contributed by atoms with van der Waals surface area (Å²) in [7, 11) is 0. The van der Waals surface area contributed by atoms with Gasteiger partial charge in [0.2, 0.25) is 5.91 Å². The molecule has 0 fully saturated rings. The molecule has 0 aliphatic carbocycles. The molecule has 6 nitrogen and oxygen atoms in total. The first-order valence-corrected chi connectivity index (χ1v) is 10.1. The Bertz CT molecular complexity index is 1030. The summed E-state index contributed by atoms with van der Waals surface area (Å²) in [5.74, 6) is -0.236. The Kier molecular flexibility index (Phi) is 6.54. The van der Waals surface area contributed by atoms with Crippen molar-refractivity contribution in [3.63, 3.8) is 0 Å². The van der Waals surface area contributed by atoms with Crippen LogP contribution >= 0.6 is 11.6 Å². The maximum Gasteiger partial charge on any atom is 0.248 e. The molecule has 1 aromatic carbocycles. The molecule has 0 saturated carbocycles. The summed E-state index contributed by atoms with van der Waals surface area (Å²) in [5, 5.41) is 12.5. The topological polar surface area (TPSA) is 64.7 Å². The van der Waals surface area contributed by atoms with Crippen molar-refractivity contribution in [1.29, 1.82) is 0 Å². The number of rotatable bonds is 7. The monoisotopic (exact) mass is 411 g/mol. The Morgan fingerprint density at radius 2 is 1.86 bits per heavy atom. The van der Waals surface area contributed by atoms with Gasteiger partial charge in [-0.3, -0.25) is 9.48 Å². The van der Waals surface area contributed by atoms with Crippen LogP contribution in [0.1, 0.15) is 42.4 Å². The number of benzene rings is 1. The summed E-state index contributed by atoms with van der Waals surface area (Å²) in [6, 6.07) is 9.83. The zero-order chi connectivity index (χ0) is 21.0. The Balaban J connectivity index is 1.77. The van der Waals surface area contributed by atoms with E-state index >= 15 is 0 Å². The van der Waals surface area contributed by atoms with Gasteiger partial charge in [-0.05, 0) is 45.4 Å². The number of hydrogen-bond donors (Lipinski definition) is 1. The van der Waals surface area contributed by atoms with E-state index in [0.29, 0.717) is 10.8 Å². The molecule has 1 amide bonds. The van der Waals surface area contributed by atoms with Crippen LogP contribution in [-0.2, 0) is 11.3 Å². The zero-order valence-corrected chi connectivity index (χ0v) is 18.0. The maximum atomic E-state index is 12.5. The predicted molar refractivity (Wildman–Crippen MR) is 118 cm³/mol. The van der Waals surface area contributed by atoms with Crippen molar-refractivity contribution < 1.29 is 4.79 Å². The highest BCUT2D eigenvalue weighted by atomic mass is 35.5. The molecule has 7 heteroatoms. The van der Waals surface area contributed by atoms with Gasteiger partial charge in [0.15, 0.2) is 0 Å². The van der Waals surface area contributed by atoms with Crippen molar-refractivity contribution in [2.75, 3.05) is 5.32 Å². The SMILES string of the molecule is CCCCn1nc(C)c(/C=C/C(=O)Nc2c(C)nn(-c3ccccc3)c2C)c1Cl. The quantitative estimate of drug-likeness (QED) is 0.550. The first-order chi connectivity index (χ1) is 13.9. The highest BCUT2D eigenvalue weighted by Gasteiger charge is 2.15. The summed E-state index contributed by atoms with van der Waals surface area (Å²) >= 11 is 6.43. The number of halogens is 1. The van der Waals surface area contributed by atoms with Gasteiger partial charge in [0.1, 0.15) is 5.15 Å². The summed E-state index contributed by atoms with van der Waals surface area (Å²) < 4.78 is 3.61. The number of carbonyl (C=O) groups excluding carboxylic acids is 1. The second kappa shape index (κ2) is 9.09. The molecule has 3 rings (SSSR count). The van der Waals surface area contributed by atoms with Gasteiger partial charge in [-0.25, -0.2) is 4.68 Å². The van der Waals surface area contributed by atoms with E-state index in [-0.39, 0.29) is 5.91 Å². The minimum Gasteiger partial charge on any atom is -0.319 e. The van der Waals surface area contributed by atoms with Gasteiger partial charge in [-0.1, -0.05) is 43.1 Å². The molecular formula is C22H26ClN5O. The molecule has 0 bridgehead atoms. The van der Waals surface area contributed by atoms with Crippen molar-refractivity contribution in [2.24, 2.45) is 0 Å². The van der Waals surface area contributed by atoms with E-state index in [1.807, 2.05) is 55.8 Å². The average Bonchev–Trinajstić information content (AvgIpc) is 3.15. The van der Waals surface area contributed by atoms with Gasteiger partial charge in [0, 0.05) is 18.2 Å². The van der Waals surface area contributed by atoms with E-state index < -0.39 is 0 Å². The lowest BCUT2D eigenvalue weighted by Crippen LogP contribution is -2.09. The van der Waals surface area contributed by atoms with Crippen molar-refractivity contribution in [2.45, 2.75) is 47.1 Å². The van der Waals surface area contributed by atoms with Crippen LogP contribution in [0, 0.1) is 20.8 Å². The highest BCUT2D eigenvalue weighted by molar-refractivity contribution is 6.31. The highest BCUT2D eigenvalue weighted by Crippen LogP contribution is 2.24. The Morgan fingerprint density at radius 3 is 2.55 bits per heavy atom. The lowest BCUT2D eigenvalue weighted by atomic mass is 10.2. The summed E-state index contributed by atoms with van der Waals surface area (Å²) in [4.78, 5) is 12.5. The molecule has 152 valence electrons. The molecule has 2 heterocycles. The summed E-state index contributed by atoms with van der Waals surface area (Å²) in [6.07, 6.45) is 5.28. The number of unbranched alkanes of at least 4 members (excludes halogenated alkanes) is 1. The second-order valence-electron chi connectivity index (χ2n) is 6.98. The third kappa shape index (κ3) is 4.59. The zero-order valence-electron chi connectivity index (χ0n) is 17.2. The van der Waals surface area contributed by atoms with Gasteiger partial charge in [0.05, 0.1) is 28.5 Å². The summed E-state index contributed by atoms with van der Waals surface area (Å²) in [5.41, 5.74) is 4.87. The van der Waals surface area contributed by atoms with Gasteiger partial charge in [-0.2, -0.15) is 10.2 Å². The van der Waals surface area contributed by atoms with Crippen molar-refractivity contribution in [3.05, 3.63) is 64.2 Å². The van der Waals surface area contributed by atoms with Crippen LogP contribution in [0.2, 0.25) is 5.15 Å². The first-order valence-electron chi connectivity index (χ1n) is 9.76. The number of para-hydroxylation sites is 1. The van der Waals surface area contributed by atoms with E-state index in [1.54, 1.807) is 10.8 Å². The molecule has 0 spiro atoms. The van der Waals surface area contributed by atoms with Crippen LogP contribution in [0.4, 0.5) is 5.69 Å². The number of aromatic nitrogens is 4. The Labute approximate surface area is 176 Å². The normalized spacial score (nSPS) is 11.3. The van der Waals surface area contributed by atoms with Crippen LogP contribution in [-0.4, -0.2) is 25.5 Å². The summed E-state index contributed by atoms with van der Waals surface area (Å²) in [6.45, 7) is 8.60. The molecular weight excluding hydrogens is 386 g/mol. The number of amides is 1. The maximum absolute atomic E-state index is 12.5. The van der Waals surface area contributed by atoms with Gasteiger partial charge < -0.3 is 5.32 Å². The lowest BCUT2D eigenvalue weighted by Gasteiger charge is -2.05. The van der Waals surface area contributed by atoms with Crippen LogP contribution in [0.3, 0.4) is 0 Å². The third-order valence-electron chi connectivity index (χ3n) is 4.77. The van der Waals surface area contributed by atoms with E-state index in [1.165, 1.54) is 6.08 Å². The number of hydrogen-bond acceptors (Lipinski definition) is 3. The Hall–Kier alpha value is -2.86. The van der Waals surface area contributed by atoms with E-state index in [9.17, 15) is 4.79 Å². The fourth-order valence-corrected chi connectivity index (χ4v) is 3.50. The van der Waals surface area contributed by atoms with Crippen LogP contribution in [0.25, 0.3) is 11.8 Å². The first kappa shape index (κ1) is 20.9. The van der Waals surface area contributed by atoms with Gasteiger partial charge in [0.25, 0.3) is 0 Å².